The zero-order valence-electron chi connectivity index (χ0n) is 11.0. The lowest BCUT2D eigenvalue weighted by Crippen LogP contribution is -2.18. The quantitative estimate of drug-likeness (QED) is 0.836. The molecule has 3 heteroatoms. The van der Waals surface area contributed by atoms with Crippen molar-refractivity contribution in [1.29, 1.82) is 0 Å². The summed E-state index contributed by atoms with van der Waals surface area (Å²) in [6.07, 6.45) is 0. The number of nitrogens with one attached hydrogen (secondary N) is 1. The van der Waals surface area contributed by atoms with Crippen LogP contribution in [0, 0.1) is 13.8 Å². The molecule has 0 spiro atoms. The molecular weight excluding hydrogens is 306 g/mol. The van der Waals surface area contributed by atoms with Crippen molar-refractivity contribution < 1.29 is 0 Å². The highest BCUT2D eigenvalue weighted by atomic mass is 79.9. The lowest BCUT2D eigenvalue weighted by Gasteiger charge is -2.16. The lowest BCUT2D eigenvalue weighted by molar-refractivity contribution is 0.576. The largest absolute Gasteiger partial charge is 0.305 e. The maximum Gasteiger partial charge on any atom is 0.0305 e. The minimum absolute atomic E-state index is 0.380. The van der Waals surface area contributed by atoms with Gasteiger partial charge in [-0.25, -0.2) is 0 Å². The van der Waals surface area contributed by atoms with Gasteiger partial charge in [0.25, 0.3) is 0 Å². The van der Waals surface area contributed by atoms with E-state index in [0.717, 1.165) is 6.54 Å². The standard InChI is InChI=1S/C15H18BrNS/c1-10-4-5-11(2)15(6-10)12(3)17-8-14-7-13(16)9-18-14/h4-7,9,12,17H,8H2,1-3H3. The zero-order valence-corrected chi connectivity index (χ0v) is 13.4. The fourth-order valence-electron chi connectivity index (χ4n) is 2.04. The predicted octanol–water partition coefficient (Wildman–Crippen LogP) is 4.98. The summed E-state index contributed by atoms with van der Waals surface area (Å²) in [5.74, 6) is 0. The molecule has 0 amide bonds. The van der Waals surface area contributed by atoms with Gasteiger partial charge in [-0.1, -0.05) is 23.8 Å². The first-order valence-electron chi connectivity index (χ1n) is 6.09. The molecule has 1 N–H and O–H groups in total. The van der Waals surface area contributed by atoms with Gasteiger partial charge in [0, 0.05) is 27.3 Å². The maximum absolute atomic E-state index is 3.59. The molecule has 0 aliphatic rings. The van der Waals surface area contributed by atoms with Gasteiger partial charge < -0.3 is 5.32 Å². The molecular formula is C15H18BrNS. The molecule has 1 aromatic heterocycles. The minimum atomic E-state index is 0.380. The van der Waals surface area contributed by atoms with E-state index in [1.165, 1.54) is 26.0 Å². The van der Waals surface area contributed by atoms with E-state index in [0.29, 0.717) is 6.04 Å². The molecule has 0 saturated carbocycles. The molecule has 0 saturated heterocycles. The Balaban J connectivity index is 2.03. The van der Waals surface area contributed by atoms with Gasteiger partial charge in [-0.2, -0.15) is 0 Å². The molecule has 0 bridgehead atoms. The summed E-state index contributed by atoms with van der Waals surface area (Å²) in [4.78, 5) is 1.36. The van der Waals surface area contributed by atoms with E-state index in [4.69, 9.17) is 0 Å². The highest BCUT2D eigenvalue weighted by molar-refractivity contribution is 9.10. The van der Waals surface area contributed by atoms with Crippen LogP contribution in [0.2, 0.25) is 0 Å². The van der Waals surface area contributed by atoms with Crippen molar-refractivity contribution in [2.45, 2.75) is 33.4 Å². The van der Waals surface area contributed by atoms with Crippen LogP contribution < -0.4 is 5.32 Å². The first-order valence-corrected chi connectivity index (χ1v) is 7.77. The van der Waals surface area contributed by atoms with Crippen LogP contribution in [0.1, 0.15) is 34.5 Å². The van der Waals surface area contributed by atoms with E-state index in [-0.39, 0.29) is 0 Å². The molecule has 18 heavy (non-hydrogen) atoms. The zero-order chi connectivity index (χ0) is 13.1. The summed E-state index contributed by atoms with van der Waals surface area (Å²) < 4.78 is 1.17. The average Bonchev–Trinajstić information content (AvgIpc) is 2.75. The van der Waals surface area contributed by atoms with Gasteiger partial charge in [0.1, 0.15) is 0 Å². The fraction of sp³-hybridized carbons (Fsp3) is 0.333. The molecule has 1 atom stereocenters. The van der Waals surface area contributed by atoms with Crippen LogP contribution in [0.15, 0.2) is 34.1 Å². The second-order valence-corrected chi connectivity index (χ2v) is 6.61. The Hall–Kier alpha value is -0.640. The molecule has 1 heterocycles. The van der Waals surface area contributed by atoms with Crippen LogP contribution in [-0.2, 0) is 6.54 Å². The Morgan fingerprint density at radius 1 is 1.28 bits per heavy atom. The van der Waals surface area contributed by atoms with E-state index in [1.807, 2.05) is 0 Å². The summed E-state index contributed by atoms with van der Waals surface area (Å²) in [5, 5.41) is 5.71. The fourth-order valence-corrected chi connectivity index (χ4v) is 3.44. The van der Waals surface area contributed by atoms with Crippen molar-refractivity contribution in [2.24, 2.45) is 0 Å². The van der Waals surface area contributed by atoms with E-state index >= 15 is 0 Å². The SMILES string of the molecule is Cc1ccc(C)c(C(C)NCc2cc(Br)cs2)c1. The van der Waals surface area contributed by atoms with Gasteiger partial charge in [0.2, 0.25) is 0 Å². The smallest absolute Gasteiger partial charge is 0.0305 e. The highest BCUT2D eigenvalue weighted by Gasteiger charge is 2.08. The van der Waals surface area contributed by atoms with Crippen molar-refractivity contribution in [2.75, 3.05) is 0 Å². The molecule has 1 nitrogen and oxygen atoms in total. The summed E-state index contributed by atoms with van der Waals surface area (Å²) >= 11 is 5.27. The van der Waals surface area contributed by atoms with Crippen LogP contribution in [-0.4, -0.2) is 0 Å². The Morgan fingerprint density at radius 3 is 2.72 bits per heavy atom. The van der Waals surface area contributed by atoms with E-state index in [1.54, 1.807) is 11.3 Å². The molecule has 2 rings (SSSR count). The number of halogens is 1. The number of hydrogen-bond donors (Lipinski definition) is 1. The topological polar surface area (TPSA) is 12.0 Å². The number of hydrogen-bond acceptors (Lipinski definition) is 2. The normalized spacial score (nSPS) is 12.7. The molecule has 2 aromatic rings. The molecule has 96 valence electrons. The van der Waals surface area contributed by atoms with Crippen molar-refractivity contribution in [3.8, 4) is 0 Å². The van der Waals surface area contributed by atoms with Crippen LogP contribution in [0.4, 0.5) is 0 Å². The maximum atomic E-state index is 3.59. The highest BCUT2D eigenvalue weighted by Crippen LogP contribution is 2.22. The van der Waals surface area contributed by atoms with Crippen molar-refractivity contribution in [3.05, 3.63) is 55.7 Å². The molecule has 0 radical (unpaired) electrons. The second-order valence-electron chi connectivity index (χ2n) is 4.69. The van der Waals surface area contributed by atoms with Crippen LogP contribution in [0.3, 0.4) is 0 Å². The monoisotopic (exact) mass is 323 g/mol. The summed E-state index contributed by atoms with van der Waals surface area (Å²) in [7, 11) is 0. The van der Waals surface area contributed by atoms with Gasteiger partial charge in [-0.15, -0.1) is 11.3 Å². The molecule has 0 aliphatic carbocycles. The molecule has 0 aliphatic heterocycles. The predicted molar refractivity (Wildman–Crippen MR) is 83.2 cm³/mol. The van der Waals surface area contributed by atoms with Gasteiger partial charge in [0.05, 0.1) is 0 Å². The summed E-state index contributed by atoms with van der Waals surface area (Å²) in [5.41, 5.74) is 4.07. The van der Waals surface area contributed by atoms with Crippen molar-refractivity contribution in [1.82, 2.24) is 5.32 Å². The third-order valence-corrected chi connectivity index (χ3v) is 4.80. The third kappa shape index (κ3) is 3.44. The summed E-state index contributed by atoms with van der Waals surface area (Å²) in [6.45, 7) is 7.47. The Bertz CT molecular complexity index is 533. The van der Waals surface area contributed by atoms with E-state index in [2.05, 4.69) is 71.7 Å². The van der Waals surface area contributed by atoms with Crippen LogP contribution in [0.5, 0.6) is 0 Å². The number of aryl methyl sites for hydroxylation is 2. The van der Waals surface area contributed by atoms with Gasteiger partial charge >= 0.3 is 0 Å². The van der Waals surface area contributed by atoms with Crippen LogP contribution >= 0.6 is 27.3 Å². The third-order valence-electron chi connectivity index (χ3n) is 3.11. The lowest BCUT2D eigenvalue weighted by atomic mass is 10.00. The van der Waals surface area contributed by atoms with Crippen molar-refractivity contribution >= 4 is 27.3 Å². The Labute approximate surface area is 121 Å². The molecule has 1 aromatic carbocycles. The van der Waals surface area contributed by atoms with Crippen LogP contribution in [0.25, 0.3) is 0 Å². The number of thiophene rings is 1. The number of rotatable bonds is 4. The first kappa shape index (κ1) is 13.8. The first-order chi connectivity index (χ1) is 8.56. The van der Waals surface area contributed by atoms with Gasteiger partial charge in [-0.05, 0) is 53.9 Å². The van der Waals surface area contributed by atoms with E-state index in [9.17, 15) is 0 Å². The van der Waals surface area contributed by atoms with Crippen molar-refractivity contribution in [3.63, 3.8) is 0 Å². The van der Waals surface area contributed by atoms with E-state index < -0.39 is 0 Å². The second kappa shape index (κ2) is 6.00. The minimum Gasteiger partial charge on any atom is -0.305 e. The van der Waals surface area contributed by atoms with Gasteiger partial charge in [-0.3, -0.25) is 0 Å². The Morgan fingerprint density at radius 2 is 2.06 bits per heavy atom. The molecule has 0 fully saturated rings. The Kier molecular flexibility index (Phi) is 4.60. The van der Waals surface area contributed by atoms with Gasteiger partial charge in [0.15, 0.2) is 0 Å². The summed E-state index contributed by atoms with van der Waals surface area (Å²) in [6, 6.07) is 9.20. The average molecular weight is 324 g/mol. The molecule has 1 unspecified atom stereocenters. The number of benzene rings is 1.